The zero-order valence-electron chi connectivity index (χ0n) is 14.8. The van der Waals surface area contributed by atoms with Crippen molar-refractivity contribution in [1.82, 2.24) is 19.1 Å². The number of hydrogen-bond acceptors (Lipinski definition) is 4. The highest BCUT2D eigenvalue weighted by molar-refractivity contribution is 5.73. The van der Waals surface area contributed by atoms with Crippen molar-refractivity contribution in [2.45, 2.75) is 6.92 Å². The molecular weight excluding hydrogens is 318 g/mol. The van der Waals surface area contributed by atoms with Crippen LogP contribution in [0.4, 0.5) is 5.95 Å². The number of hydrogen-bond donors (Lipinski definition) is 1. The Hall–Kier alpha value is -3.09. The number of aryl methyl sites for hydroxylation is 1. The summed E-state index contributed by atoms with van der Waals surface area (Å²) in [5, 5.41) is 0. The molecule has 2 aromatic heterocycles. The molecule has 0 aliphatic rings. The Balaban J connectivity index is 1.93. The van der Waals surface area contributed by atoms with E-state index >= 15 is 0 Å². The number of benzene rings is 1. The Morgan fingerprint density at radius 3 is 2.56 bits per heavy atom. The molecule has 0 fully saturated rings. The third-order valence-electron chi connectivity index (χ3n) is 4.14. The molecule has 0 atom stereocenters. The number of nitrogens with zero attached hydrogens (tertiary/aromatic N) is 4. The highest BCUT2D eigenvalue weighted by Gasteiger charge is 2.15. The molecule has 0 saturated carbocycles. The maximum atomic E-state index is 12.2. The van der Waals surface area contributed by atoms with Gasteiger partial charge in [-0.15, -0.1) is 0 Å². The van der Waals surface area contributed by atoms with E-state index in [2.05, 4.69) is 16.0 Å². The van der Waals surface area contributed by atoms with Crippen LogP contribution in [0.1, 0.15) is 12.5 Å². The van der Waals surface area contributed by atoms with Crippen LogP contribution in [0.3, 0.4) is 0 Å². The molecule has 1 N–H and O–H groups in total. The summed E-state index contributed by atoms with van der Waals surface area (Å²) in [6.45, 7) is 2.68. The van der Waals surface area contributed by atoms with Crippen molar-refractivity contribution >= 4 is 23.2 Å². The number of likely N-dealkylation sites (N-methyl/N-ethyl adjacent to an activating group) is 1. The van der Waals surface area contributed by atoms with Crippen molar-refractivity contribution in [3.63, 3.8) is 0 Å². The van der Waals surface area contributed by atoms with Gasteiger partial charge in [-0.25, -0.2) is 4.79 Å². The highest BCUT2D eigenvalue weighted by Crippen LogP contribution is 2.14. The number of aromatic nitrogens is 4. The Labute approximate surface area is 144 Å². The summed E-state index contributed by atoms with van der Waals surface area (Å²) in [5.41, 5.74) is 2.21. The first-order chi connectivity index (χ1) is 11.9. The number of H-pyrrole nitrogens is 1. The lowest BCUT2D eigenvalue weighted by atomic mass is 10.1. The van der Waals surface area contributed by atoms with Crippen molar-refractivity contribution in [2.75, 3.05) is 18.5 Å². The second-order valence-electron chi connectivity index (χ2n) is 6.22. The van der Waals surface area contributed by atoms with Gasteiger partial charge in [-0.2, -0.15) is 4.98 Å². The van der Waals surface area contributed by atoms with E-state index in [-0.39, 0.29) is 5.56 Å². The molecule has 0 aliphatic heterocycles. The summed E-state index contributed by atoms with van der Waals surface area (Å²) < 4.78 is 2.45. The summed E-state index contributed by atoms with van der Waals surface area (Å²) in [7, 11) is 4.96. The molecule has 0 unspecified atom stereocenters. The molecule has 0 radical (unpaired) electrons. The molecular formula is C18H21N5O2. The van der Waals surface area contributed by atoms with E-state index in [1.165, 1.54) is 11.6 Å². The van der Waals surface area contributed by atoms with Crippen LogP contribution in [-0.4, -0.2) is 32.7 Å². The molecule has 3 aromatic rings. The third-order valence-corrected chi connectivity index (χ3v) is 4.14. The van der Waals surface area contributed by atoms with Crippen molar-refractivity contribution in [3.8, 4) is 0 Å². The monoisotopic (exact) mass is 339 g/mol. The quantitative estimate of drug-likeness (QED) is 0.781. The molecule has 7 nitrogen and oxygen atoms in total. The van der Waals surface area contributed by atoms with Crippen LogP contribution in [0.5, 0.6) is 0 Å². The number of imidazole rings is 1. The van der Waals surface area contributed by atoms with Crippen LogP contribution in [0.25, 0.3) is 17.2 Å². The summed E-state index contributed by atoms with van der Waals surface area (Å²) >= 11 is 0. The number of aromatic amines is 1. The Bertz CT molecular complexity index is 1060. The van der Waals surface area contributed by atoms with Gasteiger partial charge in [0, 0.05) is 27.7 Å². The summed E-state index contributed by atoms with van der Waals surface area (Å²) in [5.74, 6) is 0.550. The zero-order valence-corrected chi connectivity index (χ0v) is 14.8. The normalized spacial score (nSPS) is 11.9. The molecule has 25 heavy (non-hydrogen) atoms. The van der Waals surface area contributed by atoms with Crippen LogP contribution in [-0.2, 0) is 14.1 Å². The number of rotatable bonds is 4. The van der Waals surface area contributed by atoms with E-state index in [0.29, 0.717) is 23.7 Å². The number of fused-ring (bicyclic) bond motifs is 1. The SMILES string of the molecule is C/C(=C\c1ccccc1)CN(C)c1nc2c([nH]1)c(=O)n(C)c(=O)n2C. The van der Waals surface area contributed by atoms with Crippen molar-refractivity contribution in [2.24, 2.45) is 14.1 Å². The fourth-order valence-electron chi connectivity index (χ4n) is 2.82. The van der Waals surface area contributed by atoms with Gasteiger partial charge in [0.2, 0.25) is 5.95 Å². The fraction of sp³-hybridized carbons (Fsp3) is 0.278. The molecule has 0 bridgehead atoms. The lowest BCUT2D eigenvalue weighted by Gasteiger charge is -2.16. The minimum Gasteiger partial charge on any atom is -0.341 e. The number of nitrogens with one attached hydrogen (secondary N) is 1. The predicted octanol–water partition coefficient (Wildman–Crippen LogP) is 1.50. The van der Waals surface area contributed by atoms with Crippen LogP contribution >= 0.6 is 0 Å². The van der Waals surface area contributed by atoms with Gasteiger partial charge in [-0.05, 0) is 12.5 Å². The van der Waals surface area contributed by atoms with Crippen LogP contribution in [0, 0.1) is 0 Å². The average Bonchev–Trinajstić information content (AvgIpc) is 3.04. The predicted molar refractivity (Wildman–Crippen MR) is 99.9 cm³/mol. The largest absolute Gasteiger partial charge is 0.341 e. The van der Waals surface area contributed by atoms with E-state index in [1.54, 1.807) is 7.05 Å². The molecule has 2 heterocycles. The molecule has 0 aliphatic carbocycles. The van der Waals surface area contributed by atoms with Crippen molar-refractivity contribution in [1.29, 1.82) is 0 Å². The van der Waals surface area contributed by atoms with E-state index in [0.717, 1.165) is 15.7 Å². The van der Waals surface area contributed by atoms with Crippen LogP contribution < -0.4 is 16.1 Å². The smallest absolute Gasteiger partial charge is 0.332 e. The van der Waals surface area contributed by atoms with Gasteiger partial charge in [0.25, 0.3) is 5.56 Å². The molecule has 0 saturated heterocycles. The fourth-order valence-corrected chi connectivity index (χ4v) is 2.82. The van der Waals surface area contributed by atoms with Crippen molar-refractivity contribution < 1.29 is 0 Å². The van der Waals surface area contributed by atoms with Gasteiger partial charge >= 0.3 is 5.69 Å². The Morgan fingerprint density at radius 1 is 1.20 bits per heavy atom. The standard InChI is InChI=1S/C18H21N5O2/c1-12(10-13-8-6-5-7-9-13)11-21(2)17-19-14-15(20-17)22(3)18(25)23(4)16(14)24/h5-10H,11H2,1-4H3,(H,19,20)/b12-10+. The highest BCUT2D eigenvalue weighted by atomic mass is 16.2. The maximum absolute atomic E-state index is 12.2. The molecule has 1 aromatic carbocycles. The minimum atomic E-state index is -0.390. The molecule has 7 heteroatoms. The summed E-state index contributed by atoms with van der Waals surface area (Å²) in [4.78, 5) is 33.6. The lowest BCUT2D eigenvalue weighted by Crippen LogP contribution is -2.36. The number of anilines is 1. The molecule has 0 amide bonds. The molecule has 130 valence electrons. The second-order valence-corrected chi connectivity index (χ2v) is 6.22. The topological polar surface area (TPSA) is 75.9 Å². The Morgan fingerprint density at radius 2 is 1.88 bits per heavy atom. The van der Waals surface area contributed by atoms with Gasteiger partial charge in [0.15, 0.2) is 11.2 Å². The summed E-state index contributed by atoms with van der Waals surface area (Å²) in [6.07, 6.45) is 2.11. The third kappa shape index (κ3) is 3.13. The average molecular weight is 339 g/mol. The van der Waals surface area contributed by atoms with E-state index in [9.17, 15) is 9.59 Å². The maximum Gasteiger partial charge on any atom is 0.332 e. The lowest BCUT2D eigenvalue weighted by molar-refractivity contribution is 0.708. The van der Waals surface area contributed by atoms with E-state index in [1.807, 2.05) is 49.2 Å². The van der Waals surface area contributed by atoms with Gasteiger partial charge < -0.3 is 9.88 Å². The molecule has 3 rings (SSSR count). The Kier molecular flexibility index (Phi) is 4.31. The van der Waals surface area contributed by atoms with E-state index < -0.39 is 5.69 Å². The summed E-state index contributed by atoms with van der Waals surface area (Å²) in [6, 6.07) is 10.1. The first kappa shape index (κ1) is 16.8. The van der Waals surface area contributed by atoms with Crippen LogP contribution in [0.2, 0.25) is 0 Å². The first-order valence-corrected chi connectivity index (χ1v) is 7.97. The van der Waals surface area contributed by atoms with Crippen LogP contribution in [0.15, 0.2) is 45.5 Å². The van der Waals surface area contributed by atoms with Gasteiger partial charge in [-0.1, -0.05) is 42.0 Å². The van der Waals surface area contributed by atoms with Gasteiger partial charge in [-0.3, -0.25) is 13.9 Å². The van der Waals surface area contributed by atoms with Gasteiger partial charge in [0.1, 0.15) is 0 Å². The molecule has 0 spiro atoms. The van der Waals surface area contributed by atoms with Gasteiger partial charge in [0.05, 0.1) is 0 Å². The zero-order chi connectivity index (χ0) is 18.1. The first-order valence-electron chi connectivity index (χ1n) is 7.97. The van der Waals surface area contributed by atoms with Crippen molar-refractivity contribution in [3.05, 3.63) is 62.3 Å². The van der Waals surface area contributed by atoms with E-state index in [4.69, 9.17) is 0 Å². The second kappa shape index (κ2) is 6.43. The minimum absolute atomic E-state index is 0.330.